The molecular formula is C23H27N3O3. The number of hydrazine groups is 2. The van der Waals surface area contributed by atoms with Crippen molar-refractivity contribution in [2.75, 3.05) is 13.1 Å². The minimum Gasteiger partial charge on any atom is -0.478 e. The number of rotatable bonds is 7. The molecule has 1 heterocycles. The van der Waals surface area contributed by atoms with E-state index in [1.807, 2.05) is 60.6 Å². The largest absolute Gasteiger partial charge is 0.478 e. The maximum Gasteiger partial charge on any atom is 0.336 e. The molecule has 1 fully saturated rings. The maximum absolute atomic E-state index is 12.6. The minimum absolute atomic E-state index is 0.0357. The summed E-state index contributed by atoms with van der Waals surface area (Å²) >= 11 is 0. The second-order valence-corrected chi connectivity index (χ2v) is 7.39. The lowest BCUT2D eigenvalue weighted by Crippen LogP contribution is -2.46. The quantitative estimate of drug-likeness (QED) is 0.698. The van der Waals surface area contributed by atoms with Crippen LogP contribution in [0.15, 0.2) is 60.7 Å². The summed E-state index contributed by atoms with van der Waals surface area (Å²) < 4.78 is 0. The van der Waals surface area contributed by atoms with Crippen molar-refractivity contribution in [3.8, 4) is 11.1 Å². The average molecular weight is 393 g/mol. The van der Waals surface area contributed by atoms with Crippen LogP contribution in [0.4, 0.5) is 0 Å². The molecule has 29 heavy (non-hydrogen) atoms. The molecule has 0 aromatic heterocycles. The lowest BCUT2D eigenvalue weighted by Gasteiger charge is -2.36. The number of hydrogen-bond donors (Lipinski definition) is 2. The number of nitrogens with one attached hydrogen (secondary N) is 1. The molecule has 0 radical (unpaired) electrons. The summed E-state index contributed by atoms with van der Waals surface area (Å²) in [6.45, 7) is 7.03. The Labute approximate surface area is 171 Å². The number of nitrogens with zero attached hydrogens (tertiary/aromatic N) is 2. The van der Waals surface area contributed by atoms with E-state index < -0.39 is 5.97 Å². The SMILES string of the molecule is CC=CCN1NCC(=O)N1C(c1ccc(-c2ccccc2C(=O)O)cc1)C(C)C. The van der Waals surface area contributed by atoms with Crippen molar-refractivity contribution in [3.63, 3.8) is 0 Å². The highest BCUT2D eigenvalue weighted by atomic mass is 16.4. The molecule has 3 rings (SSSR count). The Morgan fingerprint density at radius 2 is 1.86 bits per heavy atom. The third-order valence-corrected chi connectivity index (χ3v) is 5.06. The van der Waals surface area contributed by atoms with Crippen LogP contribution in [0.1, 0.15) is 42.7 Å². The van der Waals surface area contributed by atoms with E-state index in [0.717, 1.165) is 11.1 Å². The molecule has 152 valence electrons. The van der Waals surface area contributed by atoms with Crippen LogP contribution in [0.2, 0.25) is 0 Å². The van der Waals surface area contributed by atoms with Crippen molar-refractivity contribution in [2.24, 2.45) is 5.92 Å². The number of carboxylic acids is 1. The van der Waals surface area contributed by atoms with Gasteiger partial charge in [0.1, 0.15) is 0 Å². The van der Waals surface area contributed by atoms with E-state index in [2.05, 4.69) is 19.3 Å². The summed E-state index contributed by atoms with van der Waals surface area (Å²) in [5, 5.41) is 13.1. The first kappa shape index (κ1) is 20.8. The van der Waals surface area contributed by atoms with Gasteiger partial charge in [-0.05, 0) is 35.6 Å². The zero-order chi connectivity index (χ0) is 21.0. The number of aromatic carboxylic acids is 1. The first-order chi connectivity index (χ1) is 13.9. The van der Waals surface area contributed by atoms with Gasteiger partial charge in [0.05, 0.1) is 24.7 Å². The number of benzene rings is 2. The van der Waals surface area contributed by atoms with Gasteiger partial charge in [0, 0.05) is 0 Å². The van der Waals surface area contributed by atoms with E-state index in [1.165, 1.54) is 0 Å². The number of hydrogen-bond acceptors (Lipinski definition) is 4. The number of carbonyl (C=O) groups is 2. The fourth-order valence-corrected chi connectivity index (χ4v) is 3.70. The molecule has 0 bridgehead atoms. The number of carbonyl (C=O) groups excluding carboxylic acids is 1. The summed E-state index contributed by atoms with van der Waals surface area (Å²) in [4.78, 5) is 24.1. The van der Waals surface area contributed by atoms with E-state index in [1.54, 1.807) is 17.1 Å². The van der Waals surface area contributed by atoms with Crippen LogP contribution in [-0.4, -0.2) is 40.2 Å². The molecule has 6 nitrogen and oxygen atoms in total. The van der Waals surface area contributed by atoms with E-state index in [4.69, 9.17) is 0 Å². The predicted molar refractivity (Wildman–Crippen MR) is 113 cm³/mol. The summed E-state index contributed by atoms with van der Waals surface area (Å²) in [7, 11) is 0. The normalized spacial score (nSPS) is 16.1. The molecule has 0 saturated carbocycles. The summed E-state index contributed by atoms with van der Waals surface area (Å²) in [5.41, 5.74) is 5.96. The highest BCUT2D eigenvalue weighted by molar-refractivity contribution is 5.96. The van der Waals surface area contributed by atoms with Crippen LogP contribution in [0, 0.1) is 5.92 Å². The molecule has 6 heteroatoms. The van der Waals surface area contributed by atoms with Crippen molar-refractivity contribution in [1.82, 2.24) is 15.6 Å². The molecule has 2 aromatic carbocycles. The molecule has 1 amide bonds. The van der Waals surface area contributed by atoms with Gasteiger partial charge in [-0.3, -0.25) is 9.80 Å². The topological polar surface area (TPSA) is 72.9 Å². The number of allylic oxidation sites excluding steroid dienone is 1. The van der Waals surface area contributed by atoms with Gasteiger partial charge in [0.2, 0.25) is 0 Å². The Morgan fingerprint density at radius 1 is 1.17 bits per heavy atom. The fraction of sp³-hybridized carbons (Fsp3) is 0.304. The summed E-state index contributed by atoms with van der Waals surface area (Å²) in [6, 6.07) is 14.7. The fourth-order valence-electron chi connectivity index (χ4n) is 3.70. The van der Waals surface area contributed by atoms with Crippen molar-refractivity contribution in [3.05, 3.63) is 71.8 Å². The second kappa shape index (κ2) is 9.03. The van der Waals surface area contributed by atoms with Gasteiger partial charge in [0.15, 0.2) is 0 Å². The van der Waals surface area contributed by atoms with Crippen LogP contribution in [0.25, 0.3) is 11.1 Å². The van der Waals surface area contributed by atoms with Crippen LogP contribution < -0.4 is 5.43 Å². The minimum atomic E-state index is -0.946. The van der Waals surface area contributed by atoms with Crippen LogP contribution in [0.3, 0.4) is 0 Å². The smallest absolute Gasteiger partial charge is 0.336 e. The Kier molecular flexibility index (Phi) is 6.46. The lowest BCUT2D eigenvalue weighted by atomic mass is 9.92. The first-order valence-corrected chi connectivity index (χ1v) is 9.80. The summed E-state index contributed by atoms with van der Waals surface area (Å²) in [6.07, 6.45) is 3.96. The Balaban J connectivity index is 1.94. The average Bonchev–Trinajstić information content (AvgIpc) is 3.07. The maximum atomic E-state index is 12.6. The lowest BCUT2D eigenvalue weighted by molar-refractivity contribution is -0.146. The van der Waals surface area contributed by atoms with Crippen molar-refractivity contribution in [2.45, 2.75) is 26.8 Å². The van der Waals surface area contributed by atoms with E-state index in [0.29, 0.717) is 12.1 Å². The third kappa shape index (κ3) is 4.39. The van der Waals surface area contributed by atoms with Gasteiger partial charge in [-0.2, -0.15) is 0 Å². The Morgan fingerprint density at radius 3 is 2.48 bits per heavy atom. The number of carboxylic acid groups (broad SMARTS) is 1. The number of amides is 1. The highest BCUT2D eigenvalue weighted by Crippen LogP contribution is 2.33. The Hall–Kier alpha value is -2.96. The van der Waals surface area contributed by atoms with Gasteiger partial charge >= 0.3 is 5.97 Å². The van der Waals surface area contributed by atoms with Crippen LogP contribution in [0.5, 0.6) is 0 Å². The first-order valence-electron chi connectivity index (χ1n) is 9.80. The van der Waals surface area contributed by atoms with E-state index >= 15 is 0 Å². The van der Waals surface area contributed by atoms with Crippen LogP contribution >= 0.6 is 0 Å². The van der Waals surface area contributed by atoms with Crippen molar-refractivity contribution < 1.29 is 14.7 Å². The molecule has 1 saturated heterocycles. The zero-order valence-corrected chi connectivity index (χ0v) is 17.0. The Bertz CT molecular complexity index is 906. The molecule has 1 atom stereocenters. The summed E-state index contributed by atoms with van der Waals surface area (Å²) in [5.74, 6) is -0.712. The van der Waals surface area contributed by atoms with Crippen molar-refractivity contribution in [1.29, 1.82) is 0 Å². The molecule has 1 aliphatic rings. The molecule has 1 unspecified atom stereocenters. The molecule has 2 N–H and O–H groups in total. The molecule has 1 aliphatic heterocycles. The van der Waals surface area contributed by atoms with Crippen LogP contribution in [-0.2, 0) is 4.79 Å². The standard InChI is InChI=1S/C23H27N3O3/c1-4-5-14-25-24-15-21(27)26(25)22(16(2)3)18-12-10-17(11-13-18)19-8-6-7-9-20(19)23(28)29/h4-13,16,22,24H,14-15H2,1-3H3,(H,28,29). The molecule has 2 aromatic rings. The molecule has 0 aliphatic carbocycles. The third-order valence-electron chi connectivity index (χ3n) is 5.06. The van der Waals surface area contributed by atoms with Gasteiger partial charge in [0.25, 0.3) is 5.91 Å². The van der Waals surface area contributed by atoms with Gasteiger partial charge in [-0.1, -0.05) is 68.5 Å². The monoisotopic (exact) mass is 393 g/mol. The van der Waals surface area contributed by atoms with Gasteiger partial charge < -0.3 is 5.11 Å². The molecular weight excluding hydrogens is 366 g/mol. The van der Waals surface area contributed by atoms with Gasteiger partial charge in [-0.15, -0.1) is 5.12 Å². The van der Waals surface area contributed by atoms with Crippen molar-refractivity contribution >= 4 is 11.9 Å². The zero-order valence-electron chi connectivity index (χ0n) is 17.0. The highest BCUT2D eigenvalue weighted by Gasteiger charge is 2.36. The second-order valence-electron chi connectivity index (χ2n) is 7.39. The van der Waals surface area contributed by atoms with E-state index in [-0.39, 0.29) is 30.0 Å². The van der Waals surface area contributed by atoms with Gasteiger partial charge in [-0.25, -0.2) is 10.2 Å². The van der Waals surface area contributed by atoms with E-state index in [9.17, 15) is 14.7 Å². The predicted octanol–water partition coefficient (Wildman–Crippen LogP) is 3.89. The molecule has 0 spiro atoms.